The standard InChI is InChI=1S/C14H18F3N/c1-10(2)12(11-6-4-3-5-7-11)18-13(8-9-13)14(15,16)17/h3-7,10,12,18H,8-9H2,1-2H3. The summed E-state index contributed by atoms with van der Waals surface area (Å²) in [6, 6.07) is 9.10. The number of hydrogen-bond acceptors (Lipinski definition) is 1. The fraction of sp³-hybridized carbons (Fsp3) is 0.571. The second-order valence-corrected chi connectivity index (χ2v) is 5.36. The molecule has 4 heteroatoms. The van der Waals surface area contributed by atoms with Gasteiger partial charge in [0.2, 0.25) is 0 Å². The van der Waals surface area contributed by atoms with Gasteiger partial charge in [0.25, 0.3) is 0 Å². The van der Waals surface area contributed by atoms with Gasteiger partial charge in [-0.05, 0) is 24.3 Å². The summed E-state index contributed by atoms with van der Waals surface area (Å²) in [5.41, 5.74) is -0.736. The molecule has 1 unspecified atom stereocenters. The summed E-state index contributed by atoms with van der Waals surface area (Å²) in [7, 11) is 0. The lowest BCUT2D eigenvalue weighted by Gasteiger charge is -2.30. The molecular formula is C14H18F3N. The summed E-state index contributed by atoms with van der Waals surface area (Å²) >= 11 is 0. The molecule has 1 atom stereocenters. The SMILES string of the molecule is CC(C)C(NC1(C(F)(F)F)CC1)c1ccccc1. The van der Waals surface area contributed by atoms with E-state index in [2.05, 4.69) is 5.32 Å². The largest absolute Gasteiger partial charge is 0.406 e. The zero-order valence-electron chi connectivity index (χ0n) is 10.6. The van der Waals surface area contributed by atoms with Gasteiger partial charge in [0.15, 0.2) is 0 Å². The molecule has 0 amide bonds. The lowest BCUT2D eigenvalue weighted by atomic mass is 9.94. The molecule has 1 aliphatic carbocycles. The summed E-state index contributed by atoms with van der Waals surface area (Å²) < 4.78 is 38.9. The van der Waals surface area contributed by atoms with Gasteiger partial charge in [-0.25, -0.2) is 0 Å². The first-order valence-electron chi connectivity index (χ1n) is 6.25. The van der Waals surface area contributed by atoms with Crippen LogP contribution in [0.2, 0.25) is 0 Å². The molecule has 1 saturated carbocycles. The molecular weight excluding hydrogens is 239 g/mol. The summed E-state index contributed by atoms with van der Waals surface area (Å²) in [6.45, 7) is 3.88. The predicted molar refractivity (Wildman–Crippen MR) is 65.2 cm³/mol. The molecule has 1 fully saturated rings. The van der Waals surface area contributed by atoms with Gasteiger partial charge in [0.05, 0.1) is 0 Å². The molecule has 2 rings (SSSR count). The Hall–Kier alpha value is -1.03. The van der Waals surface area contributed by atoms with Crippen molar-refractivity contribution in [2.45, 2.75) is 44.4 Å². The van der Waals surface area contributed by atoms with E-state index in [9.17, 15) is 13.2 Å². The highest BCUT2D eigenvalue weighted by Gasteiger charge is 2.63. The maximum Gasteiger partial charge on any atom is 0.406 e. The van der Waals surface area contributed by atoms with Crippen molar-refractivity contribution in [3.05, 3.63) is 35.9 Å². The number of benzene rings is 1. The monoisotopic (exact) mass is 257 g/mol. The third kappa shape index (κ3) is 2.53. The van der Waals surface area contributed by atoms with Gasteiger partial charge in [-0.2, -0.15) is 13.2 Å². The van der Waals surface area contributed by atoms with Crippen LogP contribution in [-0.4, -0.2) is 11.7 Å². The van der Waals surface area contributed by atoms with Crippen molar-refractivity contribution in [3.8, 4) is 0 Å². The van der Waals surface area contributed by atoms with Crippen LogP contribution in [0.25, 0.3) is 0 Å². The van der Waals surface area contributed by atoms with E-state index in [1.807, 2.05) is 44.2 Å². The van der Waals surface area contributed by atoms with Gasteiger partial charge >= 0.3 is 6.18 Å². The van der Waals surface area contributed by atoms with E-state index in [0.717, 1.165) is 5.56 Å². The molecule has 0 bridgehead atoms. The summed E-state index contributed by atoms with van der Waals surface area (Å²) in [4.78, 5) is 0. The summed E-state index contributed by atoms with van der Waals surface area (Å²) in [5, 5.41) is 2.84. The number of alkyl halides is 3. The zero-order chi connectivity index (χ0) is 13.4. The number of rotatable bonds is 4. The van der Waals surface area contributed by atoms with Crippen molar-refractivity contribution < 1.29 is 13.2 Å². The number of nitrogens with one attached hydrogen (secondary N) is 1. The molecule has 0 aromatic heterocycles. The first-order valence-corrected chi connectivity index (χ1v) is 6.25. The van der Waals surface area contributed by atoms with Crippen LogP contribution in [-0.2, 0) is 0 Å². The maximum absolute atomic E-state index is 13.0. The van der Waals surface area contributed by atoms with E-state index in [-0.39, 0.29) is 24.8 Å². The van der Waals surface area contributed by atoms with Gasteiger partial charge < -0.3 is 0 Å². The fourth-order valence-electron chi connectivity index (χ4n) is 2.23. The molecule has 0 saturated heterocycles. The van der Waals surface area contributed by atoms with Crippen molar-refractivity contribution in [3.63, 3.8) is 0 Å². The smallest absolute Gasteiger partial charge is 0.296 e. The van der Waals surface area contributed by atoms with Crippen LogP contribution in [0, 0.1) is 5.92 Å². The van der Waals surface area contributed by atoms with E-state index in [4.69, 9.17) is 0 Å². The van der Waals surface area contributed by atoms with Crippen LogP contribution in [0.1, 0.15) is 38.3 Å². The van der Waals surface area contributed by atoms with Crippen molar-refractivity contribution in [2.75, 3.05) is 0 Å². The summed E-state index contributed by atoms with van der Waals surface area (Å²) in [6.07, 6.45) is -3.78. The van der Waals surface area contributed by atoms with E-state index in [0.29, 0.717) is 0 Å². The Labute approximate surface area is 105 Å². The third-order valence-corrected chi connectivity index (χ3v) is 3.55. The third-order valence-electron chi connectivity index (χ3n) is 3.55. The highest BCUT2D eigenvalue weighted by Crippen LogP contribution is 2.50. The van der Waals surface area contributed by atoms with E-state index < -0.39 is 11.7 Å². The van der Waals surface area contributed by atoms with Gasteiger partial charge in [-0.1, -0.05) is 44.2 Å². The van der Waals surface area contributed by atoms with Gasteiger partial charge in [0.1, 0.15) is 5.54 Å². The van der Waals surface area contributed by atoms with Crippen molar-refractivity contribution in [2.24, 2.45) is 5.92 Å². The number of halogens is 3. The van der Waals surface area contributed by atoms with Crippen molar-refractivity contribution in [1.82, 2.24) is 5.32 Å². The Kier molecular flexibility index (Phi) is 3.41. The zero-order valence-corrected chi connectivity index (χ0v) is 10.6. The molecule has 18 heavy (non-hydrogen) atoms. The van der Waals surface area contributed by atoms with Gasteiger partial charge in [-0.15, -0.1) is 0 Å². The normalized spacial score (nSPS) is 19.9. The number of hydrogen-bond donors (Lipinski definition) is 1. The molecule has 1 aromatic rings. The van der Waals surface area contributed by atoms with Crippen LogP contribution in [0.15, 0.2) is 30.3 Å². The highest BCUT2D eigenvalue weighted by molar-refractivity contribution is 5.22. The van der Waals surface area contributed by atoms with Crippen molar-refractivity contribution in [1.29, 1.82) is 0 Å². The highest BCUT2D eigenvalue weighted by atomic mass is 19.4. The molecule has 0 aliphatic heterocycles. The average Bonchev–Trinajstić information content (AvgIpc) is 3.07. The van der Waals surface area contributed by atoms with Crippen LogP contribution in [0.5, 0.6) is 0 Å². The lowest BCUT2D eigenvalue weighted by molar-refractivity contribution is -0.168. The van der Waals surface area contributed by atoms with Crippen molar-refractivity contribution >= 4 is 0 Å². The van der Waals surface area contributed by atoms with E-state index in [1.54, 1.807) is 0 Å². The minimum Gasteiger partial charge on any atom is -0.296 e. The Morgan fingerprint density at radius 2 is 1.67 bits per heavy atom. The second-order valence-electron chi connectivity index (χ2n) is 5.36. The minimum absolute atomic E-state index is 0.118. The topological polar surface area (TPSA) is 12.0 Å². The van der Waals surface area contributed by atoms with Crippen LogP contribution < -0.4 is 5.32 Å². The lowest BCUT2D eigenvalue weighted by Crippen LogP contribution is -2.47. The predicted octanol–water partition coefficient (Wildman–Crippen LogP) is 4.07. The van der Waals surface area contributed by atoms with E-state index in [1.165, 1.54) is 0 Å². The fourth-order valence-corrected chi connectivity index (χ4v) is 2.23. The van der Waals surface area contributed by atoms with Crippen LogP contribution in [0.4, 0.5) is 13.2 Å². The van der Waals surface area contributed by atoms with Crippen LogP contribution in [0.3, 0.4) is 0 Å². The Balaban J connectivity index is 2.19. The molecule has 1 nitrogen and oxygen atoms in total. The Bertz CT molecular complexity index is 393. The summed E-state index contributed by atoms with van der Waals surface area (Å²) in [5.74, 6) is 0.118. The minimum atomic E-state index is -4.16. The first kappa shape index (κ1) is 13.4. The van der Waals surface area contributed by atoms with E-state index >= 15 is 0 Å². The van der Waals surface area contributed by atoms with Gasteiger partial charge in [-0.3, -0.25) is 5.32 Å². The van der Waals surface area contributed by atoms with Gasteiger partial charge in [0, 0.05) is 6.04 Å². The molecule has 100 valence electrons. The quantitative estimate of drug-likeness (QED) is 0.857. The Morgan fingerprint density at radius 3 is 2.06 bits per heavy atom. The molecule has 0 radical (unpaired) electrons. The molecule has 1 aromatic carbocycles. The molecule has 1 aliphatic rings. The Morgan fingerprint density at radius 1 is 1.11 bits per heavy atom. The first-order chi connectivity index (χ1) is 8.36. The molecule has 0 heterocycles. The average molecular weight is 257 g/mol. The molecule has 1 N–H and O–H groups in total. The maximum atomic E-state index is 13.0. The molecule has 0 spiro atoms. The van der Waals surface area contributed by atoms with Crippen LogP contribution >= 0.6 is 0 Å². The second kappa shape index (κ2) is 4.57.